The summed E-state index contributed by atoms with van der Waals surface area (Å²) >= 11 is 0. The highest BCUT2D eigenvalue weighted by Gasteiger charge is 2.04. The summed E-state index contributed by atoms with van der Waals surface area (Å²) in [5.41, 5.74) is 0. The Bertz CT molecular complexity index is 157. The van der Waals surface area contributed by atoms with Gasteiger partial charge in [0, 0.05) is 18.8 Å². The van der Waals surface area contributed by atoms with E-state index in [0.717, 1.165) is 0 Å². The van der Waals surface area contributed by atoms with Crippen LogP contribution in [0.3, 0.4) is 0 Å². The lowest BCUT2D eigenvalue weighted by Gasteiger charge is -1.98. The highest BCUT2D eigenvalue weighted by molar-refractivity contribution is 5.80. The lowest BCUT2D eigenvalue weighted by molar-refractivity contribution is -0.121. The molecule has 0 heterocycles. The summed E-state index contributed by atoms with van der Waals surface area (Å²) < 4.78 is 0. The van der Waals surface area contributed by atoms with Gasteiger partial charge in [-0.3, -0.25) is 4.79 Å². The number of carbonyl (C=O) groups is 1. The lowest BCUT2D eigenvalue weighted by Crippen LogP contribution is -2.05. The Morgan fingerprint density at radius 2 is 2.10 bits per heavy atom. The van der Waals surface area contributed by atoms with E-state index in [1.165, 1.54) is 0 Å². The van der Waals surface area contributed by atoms with E-state index >= 15 is 0 Å². The van der Waals surface area contributed by atoms with Crippen LogP contribution in [0.4, 0.5) is 0 Å². The van der Waals surface area contributed by atoms with Crippen molar-refractivity contribution >= 4 is 5.78 Å². The maximum atomic E-state index is 10.9. The molecule has 0 rings (SSSR count). The molecule has 0 fully saturated rings. The van der Waals surface area contributed by atoms with Gasteiger partial charge >= 0.3 is 0 Å². The van der Waals surface area contributed by atoms with Crippen LogP contribution in [0.25, 0.3) is 0 Å². The molecule has 0 aromatic carbocycles. The normalized spacial score (nSPS) is 8.80. The molecular weight excluding hydrogens is 124 g/mol. The van der Waals surface area contributed by atoms with E-state index in [2.05, 4.69) is 11.8 Å². The Morgan fingerprint density at radius 3 is 2.50 bits per heavy atom. The highest BCUT2D eigenvalue weighted by Crippen LogP contribution is 2.00. The number of hydrogen-bond acceptors (Lipinski definition) is 1. The van der Waals surface area contributed by atoms with Crippen LogP contribution >= 0.6 is 0 Å². The van der Waals surface area contributed by atoms with E-state index in [9.17, 15) is 4.79 Å². The molecular formula is C9H14O. The molecule has 0 amide bonds. The first kappa shape index (κ1) is 9.23. The predicted octanol–water partition coefficient (Wildman–Crippen LogP) is 2.02. The van der Waals surface area contributed by atoms with Crippen molar-refractivity contribution < 1.29 is 4.79 Å². The third-order valence-corrected chi connectivity index (χ3v) is 1.32. The summed E-state index contributed by atoms with van der Waals surface area (Å²) in [7, 11) is 0. The van der Waals surface area contributed by atoms with Gasteiger partial charge in [-0.1, -0.05) is 13.8 Å². The van der Waals surface area contributed by atoms with Gasteiger partial charge in [-0.25, -0.2) is 0 Å². The third kappa shape index (κ3) is 4.14. The SMILES string of the molecule is CC#CCCC(=O)C(C)C. The second kappa shape index (κ2) is 5.05. The first-order valence-electron chi connectivity index (χ1n) is 3.60. The topological polar surface area (TPSA) is 17.1 Å². The zero-order valence-corrected chi connectivity index (χ0v) is 6.90. The van der Waals surface area contributed by atoms with E-state index < -0.39 is 0 Å². The molecule has 56 valence electrons. The van der Waals surface area contributed by atoms with Gasteiger partial charge < -0.3 is 0 Å². The second-order valence-corrected chi connectivity index (χ2v) is 2.55. The Kier molecular flexibility index (Phi) is 4.66. The van der Waals surface area contributed by atoms with Crippen molar-refractivity contribution in [1.29, 1.82) is 0 Å². The predicted molar refractivity (Wildman–Crippen MR) is 42.5 cm³/mol. The van der Waals surface area contributed by atoms with Gasteiger partial charge in [0.05, 0.1) is 0 Å². The molecule has 0 saturated heterocycles. The molecule has 1 heteroatoms. The minimum atomic E-state index is 0.165. The number of hydrogen-bond donors (Lipinski definition) is 0. The molecule has 0 aliphatic carbocycles. The second-order valence-electron chi connectivity index (χ2n) is 2.55. The summed E-state index contributed by atoms with van der Waals surface area (Å²) in [6.45, 7) is 5.63. The van der Waals surface area contributed by atoms with Crippen molar-refractivity contribution in [3.63, 3.8) is 0 Å². The summed E-state index contributed by atoms with van der Waals surface area (Å²) in [5.74, 6) is 6.10. The quantitative estimate of drug-likeness (QED) is 0.545. The van der Waals surface area contributed by atoms with Crippen molar-refractivity contribution in [3.8, 4) is 11.8 Å². The molecule has 0 bridgehead atoms. The number of Topliss-reactive ketones (excluding diaryl/α,β-unsaturated/α-hetero) is 1. The molecule has 0 aliphatic heterocycles. The Labute approximate surface area is 62.8 Å². The van der Waals surface area contributed by atoms with Gasteiger partial charge in [0.2, 0.25) is 0 Å². The lowest BCUT2D eigenvalue weighted by atomic mass is 10.1. The number of carbonyl (C=O) groups excluding carboxylic acids is 1. The molecule has 0 saturated carbocycles. The molecule has 1 nitrogen and oxygen atoms in total. The minimum absolute atomic E-state index is 0.165. The maximum Gasteiger partial charge on any atom is 0.136 e. The van der Waals surface area contributed by atoms with E-state index in [1.807, 2.05) is 13.8 Å². The van der Waals surface area contributed by atoms with E-state index in [-0.39, 0.29) is 5.92 Å². The van der Waals surface area contributed by atoms with Gasteiger partial charge in [-0.15, -0.1) is 11.8 Å². The zero-order chi connectivity index (χ0) is 7.98. The number of ketones is 1. The third-order valence-electron chi connectivity index (χ3n) is 1.32. The van der Waals surface area contributed by atoms with E-state index in [4.69, 9.17) is 0 Å². The fraction of sp³-hybridized carbons (Fsp3) is 0.667. The molecule has 0 aliphatic rings. The maximum absolute atomic E-state index is 10.9. The molecule has 0 aromatic heterocycles. The van der Waals surface area contributed by atoms with Gasteiger partial charge in [0.25, 0.3) is 0 Å². The van der Waals surface area contributed by atoms with Crippen molar-refractivity contribution in [2.24, 2.45) is 5.92 Å². The number of rotatable bonds is 3. The monoisotopic (exact) mass is 138 g/mol. The first-order chi connectivity index (χ1) is 4.68. The van der Waals surface area contributed by atoms with Crippen LogP contribution in [0.15, 0.2) is 0 Å². The Hall–Kier alpha value is -0.770. The Morgan fingerprint density at radius 1 is 1.50 bits per heavy atom. The van der Waals surface area contributed by atoms with Crippen molar-refractivity contribution in [2.75, 3.05) is 0 Å². The van der Waals surface area contributed by atoms with Crippen LogP contribution in [0.1, 0.15) is 33.6 Å². The van der Waals surface area contributed by atoms with Crippen LogP contribution < -0.4 is 0 Å². The molecule has 0 aromatic rings. The largest absolute Gasteiger partial charge is 0.299 e. The molecule has 10 heavy (non-hydrogen) atoms. The average Bonchev–Trinajstić information content (AvgIpc) is 1.88. The van der Waals surface area contributed by atoms with Crippen molar-refractivity contribution in [3.05, 3.63) is 0 Å². The molecule has 0 radical (unpaired) electrons. The Balaban J connectivity index is 3.47. The van der Waals surface area contributed by atoms with Crippen LogP contribution in [0, 0.1) is 17.8 Å². The van der Waals surface area contributed by atoms with Crippen LogP contribution in [0.2, 0.25) is 0 Å². The summed E-state index contributed by atoms with van der Waals surface area (Å²) in [6, 6.07) is 0. The van der Waals surface area contributed by atoms with E-state index in [1.54, 1.807) is 6.92 Å². The zero-order valence-electron chi connectivity index (χ0n) is 6.90. The fourth-order valence-electron chi connectivity index (χ4n) is 0.599. The summed E-state index contributed by atoms with van der Waals surface area (Å²) in [4.78, 5) is 10.9. The molecule has 0 unspecified atom stereocenters. The molecule has 0 N–H and O–H groups in total. The van der Waals surface area contributed by atoms with Gasteiger partial charge in [-0.2, -0.15) is 0 Å². The average molecular weight is 138 g/mol. The standard InChI is InChI=1S/C9H14O/c1-4-5-6-7-9(10)8(2)3/h8H,6-7H2,1-3H3. The summed E-state index contributed by atoms with van der Waals surface area (Å²) in [5, 5.41) is 0. The highest BCUT2D eigenvalue weighted by atomic mass is 16.1. The van der Waals surface area contributed by atoms with Gasteiger partial charge in [-0.05, 0) is 6.92 Å². The minimum Gasteiger partial charge on any atom is -0.299 e. The van der Waals surface area contributed by atoms with Crippen molar-refractivity contribution in [1.82, 2.24) is 0 Å². The first-order valence-corrected chi connectivity index (χ1v) is 3.60. The molecule has 0 atom stereocenters. The van der Waals surface area contributed by atoms with Gasteiger partial charge in [0.15, 0.2) is 0 Å². The van der Waals surface area contributed by atoms with Crippen molar-refractivity contribution in [2.45, 2.75) is 33.6 Å². The van der Waals surface area contributed by atoms with E-state index in [0.29, 0.717) is 18.6 Å². The smallest absolute Gasteiger partial charge is 0.136 e. The van der Waals surface area contributed by atoms with Crippen LogP contribution in [-0.4, -0.2) is 5.78 Å². The van der Waals surface area contributed by atoms with Crippen LogP contribution in [0.5, 0.6) is 0 Å². The summed E-state index contributed by atoms with van der Waals surface area (Å²) in [6.07, 6.45) is 1.33. The van der Waals surface area contributed by atoms with Crippen LogP contribution in [-0.2, 0) is 4.79 Å². The fourth-order valence-corrected chi connectivity index (χ4v) is 0.599. The molecule has 0 spiro atoms. The van der Waals surface area contributed by atoms with Gasteiger partial charge in [0.1, 0.15) is 5.78 Å².